The number of halogens is 1. The zero-order valence-corrected chi connectivity index (χ0v) is 12.7. The summed E-state index contributed by atoms with van der Waals surface area (Å²) in [5.41, 5.74) is 8.24. The Morgan fingerprint density at radius 3 is 2.95 bits per heavy atom. The largest absolute Gasteiger partial charge is 0.370 e. The summed E-state index contributed by atoms with van der Waals surface area (Å²) < 4.78 is 0. The zero-order chi connectivity index (χ0) is 13.8. The molecule has 1 aromatic rings. The Kier molecular flexibility index (Phi) is 5.08. The number of hydrogen-bond acceptors (Lipinski definition) is 3. The van der Waals surface area contributed by atoms with E-state index in [4.69, 9.17) is 17.3 Å². The van der Waals surface area contributed by atoms with Gasteiger partial charge in [0.25, 0.3) is 0 Å². The van der Waals surface area contributed by atoms with E-state index < -0.39 is 0 Å². The standard InChI is InChI=1S/C15H24ClN3/c1-18-9-3-4-14(11-18)19(2)15-6-5-13(16)10-12(15)7-8-17/h5-6,10,14H,3-4,7-9,11,17H2,1-2H3. The van der Waals surface area contributed by atoms with Gasteiger partial charge in [0.15, 0.2) is 0 Å². The van der Waals surface area contributed by atoms with Crippen molar-refractivity contribution in [2.75, 3.05) is 38.6 Å². The first-order valence-electron chi connectivity index (χ1n) is 7.01. The Morgan fingerprint density at radius 1 is 1.47 bits per heavy atom. The van der Waals surface area contributed by atoms with Gasteiger partial charge in [-0.15, -0.1) is 0 Å². The van der Waals surface area contributed by atoms with Crippen LogP contribution in [0.4, 0.5) is 5.69 Å². The van der Waals surface area contributed by atoms with Crippen LogP contribution >= 0.6 is 11.6 Å². The van der Waals surface area contributed by atoms with Crippen molar-refractivity contribution in [2.24, 2.45) is 5.73 Å². The average molecular weight is 282 g/mol. The normalized spacial score (nSPS) is 20.5. The van der Waals surface area contributed by atoms with E-state index in [1.54, 1.807) is 0 Å². The van der Waals surface area contributed by atoms with Crippen LogP contribution < -0.4 is 10.6 Å². The molecule has 1 heterocycles. The first-order valence-corrected chi connectivity index (χ1v) is 7.39. The Bertz CT molecular complexity index is 422. The fourth-order valence-electron chi connectivity index (χ4n) is 2.91. The summed E-state index contributed by atoms with van der Waals surface area (Å²) >= 11 is 6.10. The minimum absolute atomic E-state index is 0.580. The summed E-state index contributed by atoms with van der Waals surface area (Å²) in [5, 5.41) is 0.793. The second-order valence-corrected chi connectivity index (χ2v) is 5.92. The van der Waals surface area contributed by atoms with E-state index in [2.05, 4.69) is 30.0 Å². The van der Waals surface area contributed by atoms with E-state index in [0.29, 0.717) is 12.6 Å². The summed E-state index contributed by atoms with van der Waals surface area (Å²) in [7, 11) is 4.38. The van der Waals surface area contributed by atoms with Crippen molar-refractivity contribution >= 4 is 17.3 Å². The molecule has 1 aromatic carbocycles. The van der Waals surface area contributed by atoms with Crippen LogP contribution in [0.2, 0.25) is 5.02 Å². The van der Waals surface area contributed by atoms with Gasteiger partial charge in [-0.2, -0.15) is 0 Å². The summed E-state index contributed by atoms with van der Waals surface area (Å²) in [6, 6.07) is 6.73. The zero-order valence-electron chi connectivity index (χ0n) is 11.9. The minimum Gasteiger partial charge on any atom is -0.370 e. The maximum Gasteiger partial charge on any atom is 0.0414 e. The number of hydrogen-bond donors (Lipinski definition) is 1. The van der Waals surface area contributed by atoms with E-state index in [9.17, 15) is 0 Å². The molecule has 0 saturated carbocycles. The summed E-state index contributed by atoms with van der Waals surface area (Å²) in [5.74, 6) is 0. The third kappa shape index (κ3) is 3.62. The van der Waals surface area contributed by atoms with Gasteiger partial charge in [0.2, 0.25) is 0 Å². The highest BCUT2D eigenvalue weighted by molar-refractivity contribution is 6.30. The number of anilines is 1. The van der Waals surface area contributed by atoms with Crippen molar-refractivity contribution in [3.05, 3.63) is 28.8 Å². The van der Waals surface area contributed by atoms with Crippen molar-refractivity contribution in [1.82, 2.24) is 4.90 Å². The first kappa shape index (κ1) is 14.6. The maximum absolute atomic E-state index is 6.10. The van der Waals surface area contributed by atoms with E-state index in [0.717, 1.165) is 18.0 Å². The molecule has 2 rings (SSSR count). The lowest BCUT2D eigenvalue weighted by atomic mass is 10.0. The summed E-state index contributed by atoms with van der Waals surface area (Å²) in [6.45, 7) is 2.99. The molecule has 0 amide bonds. The highest BCUT2D eigenvalue weighted by Gasteiger charge is 2.22. The number of nitrogens with zero attached hydrogens (tertiary/aromatic N) is 2. The third-order valence-corrected chi connectivity index (χ3v) is 4.22. The molecule has 106 valence electrons. The van der Waals surface area contributed by atoms with Gasteiger partial charge in [0.1, 0.15) is 0 Å². The topological polar surface area (TPSA) is 32.5 Å². The van der Waals surface area contributed by atoms with Gasteiger partial charge in [0, 0.05) is 30.3 Å². The molecule has 0 aromatic heterocycles. The Hall–Kier alpha value is -0.770. The Labute approximate surface area is 121 Å². The maximum atomic E-state index is 6.10. The fraction of sp³-hybridized carbons (Fsp3) is 0.600. The molecule has 1 fully saturated rings. The SMILES string of the molecule is CN1CCCC(N(C)c2ccc(Cl)cc2CCN)C1. The minimum atomic E-state index is 0.580. The van der Waals surface area contributed by atoms with Crippen LogP contribution in [-0.4, -0.2) is 44.7 Å². The van der Waals surface area contributed by atoms with Gasteiger partial charge in [-0.1, -0.05) is 11.6 Å². The van der Waals surface area contributed by atoms with Crippen molar-refractivity contribution in [3.8, 4) is 0 Å². The second kappa shape index (κ2) is 6.60. The van der Waals surface area contributed by atoms with E-state index in [1.807, 2.05) is 12.1 Å². The highest BCUT2D eigenvalue weighted by Crippen LogP contribution is 2.27. The molecule has 1 aliphatic heterocycles. The Morgan fingerprint density at radius 2 is 2.26 bits per heavy atom. The van der Waals surface area contributed by atoms with E-state index in [-0.39, 0.29) is 0 Å². The molecule has 3 nitrogen and oxygen atoms in total. The van der Waals surface area contributed by atoms with Crippen LogP contribution in [0.5, 0.6) is 0 Å². The quantitative estimate of drug-likeness (QED) is 0.920. The van der Waals surface area contributed by atoms with Gasteiger partial charge in [-0.3, -0.25) is 0 Å². The van der Waals surface area contributed by atoms with Gasteiger partial charge in [0.05, 0.1) is 0 Å². The van der Waals surface area contributed by atoms with Crippen LogP contribution in [0.15, 0.2) is 18.2 Å². The molecule has 4 heteroatoms. The monoisotopic (exact) mass is 281 g/mol. The van der Waals surface area contributed by atoms with Crippen LogP contribution in [0.25, 0.3) is 0 Å². The smallest absolute Gasteiger partial charge is 0.0414 e. The number of benzene rings is 1. The molecule has 1 atom stereocenters. The molecular weight excluding hydrogens is 258 g/mol. The van der Waals surface area contributed by atoms with Gasteiger partial charge in [-0.25, -0.2) is 0 Å². The Balaban J connectivity index is 2.19. The predicted molar refractivity (Wildman–Crippen MR) is 83.1 cm³/mol. The van der Waals surface area contributed by atoms with Crippen LogP contribution in [0, 0.1) is 0 Å². The molecule has 19 heavy (non-hydrogen) atoms. The van der Waals surface area contributed by atoms with Crippen molar-refractivity contribution < 1.29 is 0 Å². The fourth-order valence-corrected chi connectivity index (χ4v) is 3.10. The highest BCUT2D eigenvalue weighted by atomic mass is 35.5. The number of nitrogens with two attached hydrogens (primary N) is 1. The first-order chi connectivity index (χ1) is 9.11. The van der Waals surface area contributed by atoms with Gasteiger partial charge >= 0.3 is 0 Å². The number of likely N-dealkylation sites (tertiary alicyclic amines) is 1. The molecule has 0 radical (unpaired) electrons. The average Bonchev–Trinajstić information content (AvgIpc) is 2.39. The molecule has 1 aliphatic rings. The molecule has 1 saturated heterocycles. The molecule has 0 spiro atoms. The van der Waals surface area contributed by atoms with Crippen molar-refractivity contribution in [1.29, 1.82) is 0 Å². The van der Waals surface area contributed by atoms with E-state index >= 15 is 0 Å². The van der Waals surface area contributed by atoms with Crippen LogP contribution in [0.1, 0.15) is 18.4 Å². The van der Waals surface area contributed by atoms with Crippen molar-refractivity contribution in [3.63, 3.8) is 0 Å². The summed E-state index contributed by atoms with van der Waals surface area (Å²) in [4.78, 5) is 4.81. The van der Waals surface area contributed by atoms with Crippen LogP contribution in [-0.2, 0) is 6.42 Å². The lowest BCUT2D eigenvalue weighted by Gasteiger charge is -2.38. The van der Waals surface area contributed by atoms with Gasteiger partial charge in [-0.05, 0) is 63.2 Å². The predicted octanol–water partition coefficient (Wildman–Crippen LogP) is 2.37. The summed E-state index contributed by atoms with van der Waals surface area (Å²) in [6.07, 6.45) is 3.40. The second-order valence-electron chi connectivity index (χ2n) is 5.48. The molecule has 0 aliphatic carbocycles. The molecular formula is C15H24ClN3. The van der Waals surface area contributed by atoms with Crippen molar-refractivity contribution in [2.45, 2.75) is 25.3 Å². The number of rotatable bonds is 4. The van der Waals surface area contributed by atoms with Crippen LogP contribution in [0.3, 0.4) is 0 Å². The molecule has 0 bridgehead atoms. The lowest BCUT2D eigenvalue weighted by Crippen LogP contribution is -2.45. The number of likely N-dealkylation sites (N-methyl/N-ethyl adjacent to an activating group) is 2. The lowest BCUT2D eigenvalue weighted by molar-refractivity contribution is 0.248. The van der Waals surface area contributed by atoms with Gasteiger partial charge < -0.3 is 15.5 Å². The molecule has 2 N–H and O–H groups in total. The third-order valence-electron chi connectivity index (χ3n) is 3.98. The van der Waals surface area contributed by atoms with E-state index in [1.165, 1.54) is 30.6 Å². The number of piperidine rings is 1. The molecule has 1 unspecified atom stereocenters.